The lowest BCUT2D eigenvalue weighted by atomic mass is 10.1. The third-order valence-electron chi connectivity index (χ3n) is 2.98. The molecule has 0 aliphatic carbocycles. The normalized spacial score (nSPS) is 19.4. The summed E-state index contributed by atoms with van der Waals surface area (Å²) >= 11 is 5.80. The van der Waals surface area contributed by atoms with Crippen LogP contribution in [0.15, 0.2) is 24.3 Å². The van der Waals surface area contributed by atoms with Gasteiger partial charge in [-0.1, -0.05) is 23.7 Å². The average Bonchev–Trinajstić information content (AvgIpc) is 2.69. The van der Waals surface area contributed by atoms with Crippen LogP contribution >= 0.6 is 11.6 Å². The molecule has 0 aromatic heterocycles. The third-order valence-corrected chi connectivity index (χ3v) is 3.23. The van der Waals surface area contributed by atoms with Gasteiger partial charge >= 0.3 is 0 Å². The molecule has 2 rings (SSSR count). The van der Waals surface area contributed by atoms with Gasteiger partial charge in [0.1, 0.15) is 0 Å². The van der Waals surface area contributed by atoms with E-state index in [4.69, 9.17) is 16.9 Å². The number of rotatable bonds is 3. The van der Waals surface area contributed by atoms with Crippen LogP contribution in [0, 0.1) is 17.2 Å². The van der Waals surface area contributed by atoms with Crippen LogP contribution in [0.2, 0.25) is 5.02 Å². The summed E-state index contributed by atoms with van der Waals surface area (Å²) in [6.45, 7) is 1.25. The van der Waals surface area contributed by atoms with Crippen molar-refractivity contribution >= 4 is 17.5 Å². The fourth-order valence-electron chi connectivity index (χ4n) is 1.99. The topological polar surface area (TPSA) is 44.1 Å². The fraction of sp³-hybridized carbons (Fsp3) is 0.385. The van der Waals surface area contributed by atoms with Crippen molar-refractivity contribution in [2.45, 2.75) is 12.8 Å². The number of amides is 1. The first-order valence-corrected chi connectivity index (χ1v) is 5.98. The molecule has 1 aliphatic heterocycles. The van der Waals surface area contributed by atoms with E-state index in [1.54, 1.807) is 4.90 Å². The molecule has 17 heavy (non-hydrogen) atoms. The summed E-state index contributed by atoms with van der Waals surface area (Å²) in [7, 11) is 0. The molecule has 1 aromatic rings. The van der Waals surface area contributed by atoms with Crippen molar-refractivity contribution < 1.29 is 4.79 Å². The highest BCUT2D eigenvalue weighted by Crippen LogP contribution is 2.17. The van der Waals surface area contributed by atoms with Crippen molar-refractivity contribution in [2.24, 2.45) is 5.92 Å². The van der Waals surface area contributed by atoms with Crippen molar-refractivity contribution in [2.75, 3.05) is 13.1 Å². The minimum atomic E-state index is -0.132. The van der Waals surface area contributed by atoms with Crippen molar-refractivity contribution in [3.05, 3.63) is 34.9 Å². The molecule has 1 unspecified atom stereocenters. The van der Waals surface area contributed by atoms with Gasteiger partial charge in [0, 0.05) is 24.5 Å². The van der Waals surface area contributed by atoms with Crippen LogP contribution in [0.1, 0.15) is 12.0 Å². The van der Waals surface area contributed by atoms with E-state index in [9.17, 15) is 4.79 Å². The van der Waals surface area contributed by atoms with Gasteiger partial charge in [-0.2, -0.15) is 5.26 Å². The molecule has 1 heterocycles. The molecule has 1 saturated heterocycles. The van der Waals surface area contributed by atoms with E-state index in [0.717, 1.165) is 17.0 Å². The summed E-state index contributed by atoms with van der Waals surface area (Å²) in [5.74, 6) is -0.0433. The molecular weight excluding hydrogens is 236 g/mol. The number of carbonyl (C=O) groups excluding carboxylic acids is 1. The van der Waals surface area contributed by atoms with Crippen molar-refractivity contribution in [1.82, 2.24) is 4.90 Å². The number of carbonyl (C=O) groups is 1. The Morgan fingerprint density at radius 1 is 1.41 bits per heavy atom. The molecule has 0 radical (unpaired) electrons. The number of nitriles is 1. The Balaban J connectivity index is 1.89. The zero-order valence-corrected chi connectivity index (χ0v) is 10.2. The Labute approximate surface area is 106 Å². The molecule has 1 amide bonds. The van der Waals surface area contributed by atoms with E-state index < -0.39 is 0 Å². The average molecular weight is 249 g/mol. The first kappa shape index (κ1) is 11.9. The van der Waals surface area contributed by atoms with Crippen molar-refractivity contribution in [1.29, 1.82) is 5.26 Å². The van der Waals surface area contributed by atoms with Crippen molar-refractivity contribution in [3.63, 3.8) is 0 Å². The summed E-state index contributed by atoms with van der Waals surface area (Å²) < 4.78 is 0. The highest BCUT2D eigenvalue weighted by Gasteiger charge is 2.28. The second-order valence-electron chi connectivity index (χ2n) is 4.25. The van der Waals surface area contributed by atoms with Gasteiger partial charge in [0.05, 0.1) is 12.0 Å². The molecule has 1 aliphatic rings. The van der Waals surface area contributed by atoms with Gasteiger partial charge in [0.2, 0.25) is 5.91 Å². The first-order valence-electron chi connectivity index (χ1n) is 5.61. The lowest BCUT2D eigenvalue weighted by Gasteiger charge is -2.15. The van der Waals surface area contributed by atoms with Gasteiger partial charge in [-0.05, 0) is 24.1 Å². The zero-order chi connectivity index (χ0) is 12.3. The first-order chi connectivity index (χ1) is 8.19. The second kappa shape index (κ2) is 5.20. The van der Waals surface area contributed by atoms with E-state index in [1.807, 2.05) is 24.3 Å². The number of halogens is 1. The van der Waals surface area contributed by atoms with E-state index >= 15 is 0 Å². The van der Waals surface area contributed by atoms with Crippen LogP contribution in [0.3, 0.4) is 0 Å². The summed E-state index contributed by atoms with van der Waals surface area (Å²) in [6, 6.07) is 9.77. The molecule has 1 aromatic carbocycles. The largest absolute Gasteiger partial charge is 0.341 e. The highest BCUT2D eigenvalue weighted by atomic mass is 35.5. The van der Waals surface area contributed by atoms with Crippen LogP contribution in [-0.2, 0) is 11.2 Å². The van der Waals surface area contributed by atoms with E-state index in [0.29, 0.717) is 19.5 Å². The lowest BCUT2D eigenvalue weighted by molar-refractivity contribution is -0.127. The Kier molecular flexibility index (Phi) is 3.65. The third kappa shape index (κ3) is 2.98. The minimum absolute atomic E-state index is 0.0884. The molecule has 4 heteroatoms. The minimum Gasteiger partial charge on any atom is -0.341 e. The maximum atomic E-state index is 11.6. The van der Waals surface area contributed by atoms with Crippen LogP contribution in [0.5, 0.6) is 0 Å². The molecule has 0 saturated carbocycles. The van der Waals surface area contributed by atoms with Gasteiger partial charge < -0.3 is 4.90 Å². The van der Waals surface area contributed by atoms with Gasteiger partial charge in [-0.25, -0.2) is 0 Å². The van der Waals surface area contributed by atoms with Crippen LogP contribution in [-0.4, -0.2) is 23.9 Å². The maximum absolute atomic E-state index is 11.6. The standard InChI is InChI=1S/C13H13ClN2O/c14-12-3-1-10(2-4-12)5-6-16-9-11(8-15)7-13(16)17/h1-4,11H,5-7,9H2. The fourth-order valence-corrected chi connectivity index (χ4v) is 2.12. The summed E-state index contributed by atoms with van der Waals surface area (Å²) in [6.07, 6.45) is 1.18. The Morgan fingerprint density at radius 2 is 2.12 bits per heavy atom. The molecule has 0 N–H and O–H groups in total. The Hall–Kier alpha value is -1.53. The number of hydrogen-bond acceptors (Lipinski definition) is 2. The summed E-state index contributed by atoms with van der Waals surface area (Å²) in [5.41, 5.74) is 1.16. The van der Waals surface area contributed by atoms with E-state index in [1.165, 1.54) is 0 Å². The van der Waals surface area contributed by atoms with Gasteiger partial charge in [-0.15, -0.1) is 0 Å². The van der Waals surface area contributed by atoms with E-state index in [2.05, 4.69) is 6.07 Å². The molecule has 0 spiro atoms. The van der Waals surface area contributed by atoms with Crippen LogP contribution in [0.4, 0.5) is 0 Å². The van der Waals surface area contributed by atoms with Crippen molar-refractivity contribution in [3.8, 4) is 6.07 Å². The predicted octanol–water partition coefficient (Wildman–Crippen LogP) is 2.25. The quantitative estimate of drug-likeness (QED) is 0.824. The molecule has 88 valence electrons. The van der Waals surface area contributed by atoms with Crippen LogP contribution in [0.25, 0.3) is 0 Å². The highest BCUT2D eigenvalue weighted by molar-refractivity contribution is 6.30. The zero-order valence-electron chi connectivity index (χ0n) is 9.40. The van der Waals surface area contributed by atoms with Crippen LogP contribution < -0.4 is 0 Å². The molecule has 1 fully saturated rings. The molecule has 3 nitrogen and oxygen atoms in total. The smallest absolute Gasteiger partial charge is 0.224 e. The maximum Gasteiger partial charge on any atom is 0.224 e. The van der Waals surface area contributed by atoms with Gasteiger partial charge in [-0.3, -0.25) is 4.79 Å². The number of hydrogen-bond donors (Lipinski definition) is 0. The lowest BCUT2D eigenvalue weighted by Crippen LogP contribution is -2.27. The second-order valence-corrected chi connectivity index (χ2v) is 4.68. The van der Waals surface area contributed by atoms with Gasteiger partial charge in [0.15, 0.2) is 0 Å². The SMILES string of the molecule is N#CC1CC(=O)N(CCc2ccc(Cl)cc2)C1. The number of benzene rings is 1. The molecule has 1 atom stereocenters. The van der Waals surface area contributed by atoms with Gasteiger partial charge in [0.25, 0.3) is 0 Å². The Morgan fingerprint density at radius 3 is 2.71 bits per heavy atom. The molecular formula is C13H13ClN2O. The molecule has 0 bridgehead atoms. The predicted molar refractivity (Wildman–Crippen MR) is 65.5 cm³/mol. The van der Waals surface area contributed by atoms with E-state index in [-0.39, 0.29) is 11.8 Å². The summed E-state index contributed by atoms with van der Waals surface area (Å²) in [4.78, 5) is 13.3. The number of nitrogens with zero attached hydrogens (tertiary/aromatic N) is 2. The number of likely N-dealkylation sites (tertiary alicyclic amines) is 1. The Bertz CT molecular complexity index is 449. The summed E-state index contributed by atoms with van der Waals surface area (Å²) in [5, 5.41) is 9.49. The monoisotopic (exact) mass is 248 g/mol.